The molecule has 74 valence electrons. The molecule has 0 aromatic rings. The zero-order valence-corrected chi connectivity index (χ0v) is 8.98. The van der Waals surface area contributed by atoms with Crippen LogP contribution in [0, 0.1) is 11.8 Å². The van der Waals surface area contributed by atoms with E-state index >= 15 is 0 Å². The average Bonchev–Trinajstić information content (AvgIpc) is 2.12. The zero-order chi connectivity index (χ0) is 9.42. The van der Waals surface area contributed by atoms with E-state index in [1.54, 1.807) is 0 Å². The Morgan fingerprint density at radius 2 is 2.23 bits per heavy atom. The van der Waals surface area contributed by atoms with Crippen LogP contribution in [-0.2, 0) is 0 Å². The SMILES string of the molecule is C=C1C(Cl)CCC2CC(C)CNC12. The fourth-order valence-electron chi connectivity index (χ4n) is 2.69. The third-order valence-corrected chi connectivity index (χ3v) is 3.95. The quantitative estimate of drug-likeness (QED) is 0.467. The van der Waals surface area contributed by atoms with Crippen LogP contribution >= 0.6 is 11.6 Å². The van der Waals surface area contributed by atoms with E-state index in [4.69, 9.17) is 11.6 Å². The molecule has 2 rings (SSSR count). The molecule has 1 N–H and O–H groups in total. The smallest absolute Gasteiger partial charge is 0.0557 e. The first-order valence-corrected chi connectivity index (χ1v) is 5.68. The van der Waals surface area contributed by atoms with Gasteiger partial charge in [0.15, 0.2) is 0 Å². The molecule has 4 unspecified atom stereocenters. The van der Waals surface area contributed by atoms with Gasteiger partial charge in [0.2, 0.25) is 0 Å². The van der Waals surface area contributed by atoms with Crippen LogP contribution in [0.15, 0.2) is 12.2 Å². The van der Waals surface area contributed by atoms with Gasteiger partial charge >= 0.3 is 0 Å². The number of alkyl halides is 1. The summed E-state index contributed by atoms with van der Waals surface area (Å²) < 4.78 is 0. The van der Waals surface area contributed by atoms with Crippen molar-refractivity contribution >= 4 is 11.6 Å². The van der Waals surface area contributed by atoms with E-state index in [9.17, 15) is 0 Å². The molecule has 1 nitrogen and oxygen atoms in total. The lowest BCUT2D eigenvalue weighted by Gasteiger charge is -2.42. The molecule has 0 amide bonds. The van der Waals surface area contributed by atoms with Gasteiger partial charge in [-0.05, 0) is 43.2 Å². The van der Waals surface area contributed by atoms with Gasteiger partial charge in [-0.25, -0.2) is 0 Å². The highest BCUT2D eigenvalue weighted by Gasteiger charge is 2.35. The number of fused-ring (bicyclic) bond motifs is 1. The molecule has 1 aliphatic carbocycles. The molecule has 0 bridgehead atoms. The molecule has 4 atom stereocenters. The second-order valence-electron chi connectivity index (χ2n) is 4.61. The normalized spacial score (nSPS) is 45.8. The Morgan fingerprint density at radius 1 is 1.46 bits per heavy atom. The Balaban J connectivity index is 2.06. The minimum absolute atomic E-state index is 0.210. The zero-order valence-electron chi connectivity index (χ0n) is 8.22. The average molecular weight is 200 g/mol. The summed E-state index contributed by atoms with van der Waals surface area (Å²) in [7, 11) is 0. The van der Waals surface area contributed by atoms with Crippen LogP contribution in [0.4, 0.5) is 0 Å². The third-order valence-electron chi connectivity index (χ3n) is 3.46. The Bertz CT molecular complexity index is 214. The minimum Gasteiger partial charge on any atom is -0.310 e. The van der Waals surface area contributed by atoms with Crippen molar-refractivity contribution in [3.8, 4) is 0 Å². The first kappa shape index (κ1) is 9.54. The topological polar surface area (TPSA) is 12.0 Å². The third kappa shape index (κ3) is 1.77. The van der Waals surface area contributed by atoms with Crippen LogP contribution in [-0.4, -0.2) is 18.0 Å². The van der Waals surface area contributed by atoms with Crippen molar-refractivity contribution in [3.05, 3.63) is 12.2 Å². The van der Waals surface area contributed by atoms with Gasteiger partial charge in [0.1, 0.15) is 0 Å². The van der Waals surface area contributed by atoms with Gasteiger partial charge in [0.05, 0.1) is 5.38 Å². The lowest BCUT2D eigenvalue weighted by atomic mass is 9.74. The van der Waals surface area contributed by atoms with Crippen molar-refractivity contribution in [2.24, 2.45) is 11.8 Å². The van der Waals surface area contributed by atoms with E-state index in [1.807, 2.05) is 0 Å². The molecule has 2 fully saturated rings. The Labute approximate surface area is 85.5 Å². The maximum Gasteiger partial charge on any atom is 0.0557 e. The van der Waals surface area contributed by atoms with Crippen molar-refractivity contribution in [1.29, 1.82) is 0 Å². The fourth-order valence-corrected chi connectivity index (χ4v) is 2.95. The van der Waals surface area contributed by atoms with Crippen molar-refractivity contribution in [1.82, 2.24) is 5.32 Å². The van der Waals surface area contributed by atoms with Gasteiger partial charge in [0.25, 0.3) is 0 Å². The van der Waals surface area contributed by atoms with Gasteiger partial charge in [-0.3, -0.25) is 0 Å². The van der Waals surface area contributed by atoms with Crippen LogP contribution in [0.2, 0.25) is 0 Å². The molecule has 1 aliphatic heterocycles. The van der Waals surface area contributed by atoms with Crippen LogP contribution in [0.1, 0.15) is 26.2 Å². The lowest BCUT2D eigenvalue weighted by Crippen LogP contribution is -2.49. The first-order valence-electron chi connectivity index (χ1n) is 5.24. The minimum atomic E-state index is 0.210. The number of rotatable bonds is 0. The predicted octanol–water partition coefficient (Wildman–Crippen LogP) is 2.56. The number of hydrogen-bond acceptors (Lipinski definition) is 1. The maximum absolute atomic E-state index is 6.18. The monoisotopic (exact) mass is 199 g/mol. The van der Waals surface area contributed by atoms with Crippen LogP contribution in [0.5, 0.6) is 0 Å². The summed E-state index contributed by atoms with van der Waals surface area (Å²) in [6, 6.07) is 0.507. The highest BCUT2D eigenvalue weighted by atomic mass is 35.5. The number of nitrogens with one attached hydrogen (secondary N) is 1. The summed E-state index contributed by atoms with van der Waals surface area (Å²) in [6.07, 6.45) is 3.74. The van der Waals surface area contributed by atoms with Gasteiger partial charge in [-0.2, -0.15) is 0 Å². The van der Waals surface area contributed by atoms with Crippen LogP contribution < -0.4 is 5.32 Å². The van der Waals surface area contributed by atoms with E-state index in [1.165, 1.54) is 18.4 Å². The molecule has 13 heavy (non-hydrogen) atoms. The van der Waals surface area contributed by atoms with Gasteiger partial charge in [0, 0.05) is 6.04 Å². The molecular formula is C11H18ClN. The summed E-state index contributed by atoms with van der Waals surface area (Å²) in [5, 5.41) is 3.78. The Kier molecular flexibility index (Phi) is 2.66. The van der Waals surface area contributed by atoms with E-state index < -0.39 is 0 Å². The van der Waals surface area contributed by atoms with E-state index in [2.05, 4.69) is 18.8 Å². The highest BCUT2D eigenvalue weighted by molar-refractivity contribution is 6.22. The fraction of sp³-hybridized carbons (Fsp3) is 0.818. The standard InChI is InChI=1S/C11H18ClN/c1-7-5-9-3-4-10(12)8(2)11(9)13-6-7/h7,9-11,13H,2-6H2,1H3. The molecule has 1 saturated carbocycles. The van der Waals surface area contributed by atoms with Gasteiger partial charge in [-0.1, -0.05) is 13.5 Å². The summed E-state index contributed by atoms with van der Waals surface area (Å²) in [4.78, 5) is 0. The second-order valence-corrected chi connectivity index (χ2v) is 5.13. The predicted molar refractivity (Wildman–Crippen MR) is 57.1 cm³/mol. The summed E-state index contributed by atoms with van der Waals surface area (Å²) in [5.74, 6) is 1.62. The van der Waals surface area contributed by atoms with Crippen molar-refractivity contribution in [2.45, 2.75) is 37.6 Å². The molecular weight excluding hydrogens is 182 g/mol. The van der Waals surface area contributed by atoms with Crippen LogP contribution in [0.3, 0.4) is 0 Å². The first-order chi connectivity index (χ1) is 6.18. The number of halogens is 1. The lowest BCUT2D eigenvalue weighted by molar-refractivity contribution is 0.215. The Hall–Kier alpha value is -0.0100. The molecule has 0 aromatic heterocycles. The summed E-state index contributed by atoms with van der Waals surface area (Å²) in [6.45, 7) is 7.56. The Morgan fingerprint density at radius 3 is 3.00 bits per heavy atom. The van der Waals surface area contributed by atoms with E-state index in [-0.39, 0.29) is 5.38 Å². The van der Waals surface area contributed by atoms with Crippen molar-refractivity contribution in [3.63, 3.8) is 0 Å². The molecule has 1 saturated heterocycles. The van der Waals surface area contributed by atoms with Gasteiger partial charge < -0.3 is 5.32 Å². The highest BCUT2D eigenvalue weighted by Crippen LogP contribution is 2.37. The number of hydrogen-bond donors (Lipinski definition) is 1. The van der Waals surface area contributed by atoms with Gasteiger partial charge in [-0.15, -0.1) is 11.6 Å². The second kappa shape index (κ2) is 3.62. The molecule has 0 aromatic carbocycles. The van der Waals surface area contributed by atoms with E-state index in [0.717, 1.165) is 24.8 Å². The summed E-state index contributed by atoms with van der Waals surface area (Å²) >= 11 is 6.18. The molecule has 0 spiro atoms. The van der Waals surface area contributed by atoms with E-state index in [0.29, 0.717) is 6.04 Å². The van der Waals surface area contributed by atoms with Crippen molar-refractivity contribution in [2.75, 3.05) is 6.54 Å². The molecule has 2 aliphatic rings. The van der Waals surface area contributed by atoms with Crippen LogP contribution in [0.25, 0.3) is 0 Å². The molecule has 0 radical (unpaired) electrons. The maximum atomic E-state index is 6.18. The van der Waals surface area contributed by atoms with Crippen molar-refractivity contribution < 1.29 is 0 Å². The molecule has 1 heterocycles. The number of piperidine rings is 1. The largest absolute Gasteiger partial charge is 0.310 e. The summed E-state index contributed by atoms with van der Waals surface area (Å²) in [5.41, 5.74) is 1.23. The molecule has 2 heteroatoms.